The Labute approximate surface area is 120 Å². The molecule has 1 aliphatic heterocycles. The van der Waals surface area contributed by atoms with Gasteiger partial charge < -0.3 is 15.0 Å². The number of hydrogen-bond donors (Lipinski definition) is 1. The molecule has 5 heteroatoms. The smallest absolute Gasteiger partial charge is 0.254 e. The molecule has 0 aromatic carbocycles. The standard InChI is InChI=1S/C15H23N3O2/c1-4-20-13-5-7-18(8-6-13)15(19)12-9-11(2)17-14(10-12)16-3/h9-10,13H,4-8H2,1-3H3,(H,16,17). The second-order valence-electron chi connectivity index (χ2n) is 5.08. The number of amides is 1. The van der Waals surface area contributed by atoms with Crippen LogP contribution in [0.1, 0.15) is 35.8 Å². The molecular weight excluding hydrogens is 254 g/mol. The highest BCUT2D eigenvalue weighted by atomic mass is 16.5. The summed E-state index contributed by atoms with van der Waals surface area (Å²) in [6.45, 7) is 6.18. The van der Waals surface area contributed by atoms with E-state index in [1.807, 2.05) is 37.9 Å². The molecule has 0 saturated carbocycles. The van der Waals surface area contributed by atoms with Crippen molar-refractivity contribution in [3.05, 3.63) is 23.4 Å². The van der Waals surface area contributed by atoms with Gasteiger partial charge in [-0.3, -0.25) is 4.79 Å². The first-order valence-electron chi connectivity index (χ1n) is 7.21. The van der Waals surface area contributed by atoms with Crippen LogP contribution < -0.4 is 5.32 Å². The molecule has 1 fully saturated rings. The molecule has 1 N–H and O–H groups in total. The predicted octanol–water partition coefficient (Wildman–Crippen LogP) is 2.07. The van der Waals surface area contributed by atoms with Crippen molar-refractivity contribution in [3.8, 4) is 0 Å². The lowest BCUT2D eigenvalue weighted by Gasteiger charge is -2.31. The molecule has 0 spiro atoms. The van der Waals surface area contributed by atoms with E-state index in [1.165, 1.54) is 0 Å². The molecule has 0 atom stereocenters. The maximum Gasteiger partial charge on any atom is 0.254 e. The number of nitrogens with zero attached hydrogens (tertiary/aromatic N) is 2. The summed E-state index contributed by atoms with van der Waals surface area (Å²) in [7, 11) is 1.81. The molecule has 2 rings (SSSR count). The molecule has 110 valence electrons. The van der Waals surface area contributed by atoms with Gasteiger partial charge in [-0.25, -0.2) is 4.98 Å². The quantitative estimate of drug-likeness (QED) is 0.915. The van der Waals surface area contributed by atoms with Gasteiger partial charge >= 0.3 is 0 Å². The van der Waals surface area contributed by atoms with Crippen LogP contribution in [-0.4, -0.2) is 48.6 Å². The molecule has 0 aliphatic carbocycles. The fourth-order valence-electron chi connectivity index (χ4n) is 2.56. The van der Waals surface area contributed by atoms with Crippen molar-refractivity contribution < 1.29 is 9.53 Å². The first-order chi connectivity index (χ1) is 9.63. The average Bonchev–Trinajstić information content (AvgIpc) is 2.47. The van der Waals surface area contributed by atoms with Gasteiger partial charge in [0.2, 0.25) is 0 Å². The van der Waals surface area contributed by atoms with E-state index in [1.54, 1.807) is 0 Å². The van der Waals surface area contributed by atoms with E-state index in [-0.39, 0.29) is 5.91 Å². The Morgan fingerprint density at radius 3 is 2.75 bits per heavy atom. The number of ether oxygens (including phenoxy) is 1. The third kappa shape index (κ3) is 3.48. The minimum Gasteiger partial charge on any atom is -0.378 e. The third-order valence-corrected chi connectivity index (χ3v) is 3.59. The van der Waals surface area contributed by atoms with Crippen LogP contribution in [0.4, 0.5) is 5.82 Å². The van der Waals surface area contributed by atoms with Crippen LogP contribution in [0.15, 0.2) is 12.1 Å². The van der Waals surface area contributed by atoms with E-state index in [0.29, 0.717) is 11.7 Å². The second-order valence-corrected chi connectivity index (χ2v) is 5.08. The van der Waals surface area contributed by atoms with E-state index in [2.05, 4.69) is 10.3 Å². The SMILES string of the molecule is CCOC1CCN(C(=O)c2cc(C)nc(NC)c2)CC1. The van der Waals surface area contributed by atoms with Crippen molar-refractivity contribution in [1.82, 2.24) is 9.88 Å². The minimum atomic E-state index is 0.0851. The van der Waals surface area contributed by atoms with Crippen molar-refractivity contribution in [2.45, 2.75) is 32.8 Å². The number of rotatable bonds is 4. The minimum absolute atomic E-state index is 0.0851. The molecule has 1 amide bonds. The lowest BCUT2D eigenvalue weighted by Crippen LogP contribution is -2.41. The summed E-state index contributed by atoms with van der Waals surface area (Å²) in [5, 5.41) is 2.99. The van der Waals surface area contributed by atoms with Gasteiger partial charge in [-0.05, 0) is 38.8 Å². The van der Waals surface area contributed by atoms with Gasteiger partial charge in [0.15, 0.2) is 0 Å². The Bertz CT molecular complexity index is 468. The number of hydrogen-bond acceptors (Lipinski definition) is 4. The largest absolute Gasteiger partial charge is 0.378 e. The Hall–Kier alpha value is -1.62. The second kappa shape index (κ2) is 6.70. The van der Waals surface area contributed by atoms with Crippen LogP contribution >= 0.6 is 0 Å². The molecule has 0 radical (unpaired) electrons. The molecule has 1 aromatic rings. The van der Waals surface area contributed by atoms with Gasteiger partial charge in [0.05, 0.1) is 6.10 Å². The fourth-order valence-corrected chi connectivity index (χ4v) is 2.56. The number of anilines is 1. The molecule has 1 saturated heterocycles. The zero-order chi connectivity index (χ0) is 14.5. The maximum atomic E-state index is 12.5. The molecule has 0 unspecified atom stereocenters. The van der Waals surface area contributed by atoms with Crippen molar-refractivity contribution in [2.75, 3.05) is 32.1 Å². The van der Waals surface area contributed by atoms with Gasteiger partial charge in [0.25, 0.3) is 5.91 Å². The fraction of sp³-hybridized carbons (Fsp3) is 0.600. The first-order valence-corrected chi connectivity index (χ1v) is 7.21. The Morgan fingerprint density at radius 1 is 1.45 bits per heavy atom. The monoisotopic (exact) mass is 277 g/mol. The van der Waals surface area contributed by atoms with Gasteiger partial charge in [0, 0.05) is 38.0 Å². The van der Waals surface area contributed by atoms with E-state index in [0.717, 1.165) is 44.0 Å². The van der Waals surface area contributed by atoms with Gasteiger partial charge in [-0.2, -0.15) is 0 Å². The summed E-state index contributed by atoms with van der Waals surface area (Å²) >= 11 is 0. The number of carbonyl (C=O) groups excluding carboxylic acids is 1. The average molecular weight is 277 g/mol. The van der Waals surface area contributed by atoms with Crippen molar-refractivity contribution >= 4 is 11.7 Å². The van der Waals surface area contributed by atoms with E-state index >= 15 is 0 Å². The Kier molecular flexibility index (Phi) is 4.95. The summed E-state index contributed by atoms with van der Waals surface area (Å²) in [6, 6.07) is 3.65. The lowest BCUT2D eigenvalue weighted by atomic mass is 10.1. The summed E-state index contributed by atoms with van der Waals surface area (Å²) < 4.78 is 5.61. The van der Waals surface area contributed by atoms with Crippen LogP contribution in [0.5, 0.6) is 0 Å². The van der Waals surface area contributed by atoms with Crippen molar-refractivity contribution in [3.63, 3.8) is 0 Å². The number of likely N-dealkylation sites (tertiary alicyclic amines) is 1. The number of pyridine rings is 1. The lowest BCUT2D eigenvalue weighted by molar-refractivity contribution is 0.0146. The molecule has 1 aliphatic rings. The number of aryl methyl sites for hydroxylation is 1. The highest BCUT2D eigenvalue weighted by Gasteiger charge is 2.24. The summed E-state index contributed by atoms with van der Waals surface area (Å²) in [5.74, 6) is 0.819. The number of nitrogens with one attached hydrogen (secondary N) is 1. The Morgan fingerprint density at radius 2 is 2.15 bits per heavy atom. The number of aromatic nitrogens is 1. The zero-order valence-corrected chi connectivity index (χ0v) is 12.5. The zero-order valence-electron chi connectivity index (χ0n) is 12.5. The first kappa shape index (κ1) is 14.8. The van der Waals surface area contributed by atoms with Gasteiger partial charge in [-0.15, -0.1) is 0 Å². The summed E-state index contributed by atoms with van der Waals surface area (Å²) in [5.41, 5.74) is 1.56. The van der Waals surface area contributed by atoms with E-state index in [4.69, 9.17) is 4.74 Å². The van der Waals surface area contributed by atoms with Gasteiger partial charge in [-0.1, -0.05) is 0 Å². The topological polar surface area (TPSA) is 54.5 Å². The predicted molar refractivity (Wildman–Crippen MR) is 79.1 cm³/mol. The van der Waals surface area contributed by atoms with E-state index < -0.39 is 0 Å². The number of piperidine rings is 1. The van der Waals surface area contributed by atoms with E-state index in [9.17, 15) is 4.79 Å². The third-order valence-electron chi connectivity index (χ3n) is 3.59. The van der Waals surface area contributed by atoms with Crippen molar-refractivity contribution in [1.29, 1.82) is 0 Å². The van der Waals surface area contributed by atoms with Crippen LogP contribution in [0.3, 0.4) is 0 Å². The molecule has 5 nitrogen and oxygen atoms in total. The molecular formula is C15H23N3O2. The summed E-state index contributed by atoms with van der Waals surface area (Å²) in [4.78, 5) is 18.7. The Balaban J connectivity index is 2.03. The van der Waals surface area contributed by atoms with Gasteiger partial charge in [0.1, 0.15) is 5.82 Å². The van der Waals surface area contributed by atoms with Crippen LogP contribution in [0.25, 0.3) is 0 Å². The van der Waals surface area contributed by atoms with Crippen LogP contribution in [0.2, 0.25) is 0 Å². The molecule has 20 heavy (non-hydrogen) atoms. The molecule has 2 heterocycles. The highest BCUT2D eigenvalue weighted by Crippen LogP contribution is 2.18. The molecule has 0 bridgehead atoms. The van der Waals surface area contributed by atoms with Crippen molar-refractivity contribution in [2.24, 2.45) is 0 Å². The number of carbonyl (C=O) groups is 1. The highest BCUT2D eigenvalue weighted by molar-refractivity contribution is 5.95. The maximum absolute atomic E-state index is 12.5. The summed E-state index contributed by atoms with van der Waals surface area (Å²) in [6.07, 6.45) is 2.14. The molecule has 1 aromatic heterocycles. The van der Waals surface area contributed by atoms with Crippen LogP contribution in [-0.2, 0) is 4.74 Å². The normalized spacial score (nSPS) is 16.2. The van der Waals surface area contributed by atoms with Crippen LogP contribution in [0, 0.1) is 6.92 Å².